The zero-order chi connectivity index (χ0) is 12.4. The van der Waals surface area contributed by atoms with Crippen molar-refractivity contribution in [1.29, 1.82) is 0 Å². The summed E-state index contributed by atoms with van der Waals surface area (Å²) in [7, 11) is 1.65. The molecule has 0 bridgehead atoms. The first-order chi connectivity index (χ1) is 8.13. The minimum Gasteiger partial charge on any atom is -0.495 e. The molecule has 0 aliphatic heterocycles. The van der Waals surface area contributed by atoms with Crippen LogP contribution in [0.2, 0.25) is 0 Å². The summed E-state index contributed by atoms with van der Waals surface area (Å²) in [6.45, 7) is 1.93. The van der Waals surface area contributed by atoms with Gasteiger partial charge in [0.2, 0.25) is 0 Å². The molecule has 2 aromatic rings. The molecule has 4 nitrogen and oxygen atoms in total. The van der Waals surface area contributed by atoms with E-state index >= 15 is 0 Å². The lowest BCUT2D eigenvalue weighted by Crippen LogP contribution is -2.11. The zero-order valence-corrected chi connectivity index (χ0v) is 11.3. The van der Waals surface area contributed by atoms with Gasteiger partial charge in [0.1, 0.15) is 5.75 Å². The highest BCUT2D eigenvalue weighted by Crippen LogP contribution is 2.28. The Labute approximate surface area is 109 Å². The van der Waals surface area contributed by atoms with Gasteiger partial charge in [-0.1, -0.05) is 15.9 Å². The molecule has 0 radical (unpaired) electrons. The molecule has 2 N–H and O–H groups in total. The van der Waals surface area contributed by atoms with Crippen LogP contribution in [0.25, 0.3) is 5.69 Å². The highest BCUT2D eigenvalue weighted by Gasteiger charge is 2.12. The molecule has 5 heteroatoms. The fraction of sp³-hybridized carbons (Fsp3) is 0.250. The van der Waals surface area contributed by atoms with E-state index in [4.69, 9.17) is 10.5 Å². The molecular formula is C12H14BrN3O. The van der Waals surface area contributed by atoms with Gasteiger partial charge in [-0.3, -0.25) is 4.57 Å². The van der Waals surface area contributed by atoms with Crippen LogP contribution in [0.5, 0.6) is 5.75 Å². The maximum atomic E-state index is 5.91. The summed E-state index contributed by atoms with van der Waals surface area (Å²) in [6.07, 6.45) is 3.51. The highest BCUT2D eigenvalue weighted by atomic mass is 79.9. The van der Waals surface area contributed by atoms with Crippen LogP contribution in [-0.4, -0.2) is 16.7 Å². The van der Waals surface area contributed by atoms with Crippen molar-refractivity contribution in [3.8, 4) is 11.4 Å². The third kappa shape index (κ3) is 2.35. The van der Waals surface area contributed by atoms with E-state index in [1.165, 1.54) is 0 Å². The molecule has 0 aliphatic rings. The lowest BCUT2D eigenvalue weighted by molar-refractivity contribution is 0.412. The Morgan fingerprint density at radius 3 is 2.88 bits per heavy atom. The Hall–Kier alpha value is -1.33. The monoisotopic (exact) mass is 295 g/mol. The topological polar surface area (TPSA) is 53.1 Å². The van der Waals surface area contributed by atoms with Gasteiger partial charge in [-0.25, -0.2) is 4.98 Å². The molecule has 1 atom stereocenters. The second kappa shape index (κ2) is 4.89. The van der Waals surface area contributed by atoms with Crippen molar-refractivity contribution < 1.29 is 4.74 Å². The van der Waals surface area contributed by atoms with Crippen molar-refractivity contribution in [3.63, 3.8) is 0 Å². The summed E-state index contributed by atoms with van der Waals surface area (Å²) in [5.41, 5.74) is 7.78. The fourth-order valence-electron chi connectivity index (χ4n) is 1.69. The number of aromatic nitrogens is 2. The number of nitrogens with zero attached hydrogens (tertiary/aromatic N) is 2. The SMILES string of the molecule is COc1ccc(Br)cc1-n1cncc1C(C)N. The summed E-state index contributed by atoms with van der Waals surface area (Å²) in [6, 6.07) is 5.74. The molecule has 1 unspecified atom stereocenters. The van der Waals surface area contributed by atoms with E-state index in [9.17, 15) is 0 Å². The molecule has 1 aromatic carbocycles. The molecular weight excluding hydrogens is 282 g/mol. The first-order valence-corrected chi connectivity index (χ1v) is 6.04. The van der Waals surface area contributed by atoms with E-state index in [2.05, 4.69) is 20.9 Å². The highest BCUT2D eigenvalue weighted by molar-refractivity contribution is 9.10. The van der Waals surface area contributed by atoms with Gasteiger partial charge in [0.05, 0.1) is 31.0 Å². The molecule has 0 amide bonds. The van der Waals surface area contributed by atoms with Crippen LogP contribution in [0.15, 0.2) is 35.2 Å². The molecule has 1 heterocycles. The molecule has 0 spiro atoms. The van der Waals surface area contributed by atoms with E-state index in [-0.39, 0.29) is 6.04 Å². The molecule has 0 aliphatic carbocycles. The van der Waals surface area contributed by atoms with Crippen LogP contribution in [0.3, 0.4) is 0 Å². The van der Waals surface area contributed by atoms with Crippen LogP contribution >= 0.6 is 15.9 Å². The van der Waals surface area contributed by atoms with Gasteiger partial charge in [-0.05, 0) is 25.1 Å². The van der Waals surface area contributed by atoms with Crippen molar-refractivity contribution in [2.24, 2.45) is 5.73 Å². The Balaban J connectivity index is 2.59. The number of ether oxygens (including phenoxy) is 1. The maximum absolute atomic E-state index is 5.91. The van der Waals surface area contributed by atoms with Crippen LogP contribution < -0.4 is 10.5 Å². The Bertz CT molecular complexity index is 522. The molecule has 0 saturated carbocycles. The van der Waals surface area contributed by atoms with E-state index in [0.717, 1.165) is 21.6 Å². The number of methoxy groups -OCH3 is 1. The summed E-state index contributed by atoms with van der Waals surface area (Å²) in [5, 5.41) is 0. The maximum Gasteiger partial charge on any atom is 0.142 e. The Morgan fingerprint density at radius 2 is 2.24 bits per heavy atom. The molecule has 90 valence electrons. The third-order valence-corrected chi connectivity index (χ3v) is 3.03. The second-order valence-corrected chi connectivity index (χ2v) is 4.71. The van der Waals surface area contributed by atoms with Crippen molar-refractivity contribution in [2.75, 3.05) is 7.11 Å². The molecule has 1 aromatic heterocycles. The van der Waals surface area contributed by atoms with E-state index in [1.54, 1.807) is 19.6 Å². The average Bonchev–Trinajstić information content (AvgIpc) is 2.77. The first kappa shape index (κ1) is 12.1. The van der Waals surface area contributed by atoms with Crippen molar-refractivity contribution in [2.45, 2.75) is 13.0 Å². The minimum atomic E-state index is -0.0822. The van der Waals surface area contributed by atoms with Crippen molar-refractivity contribution in [1.82, 2.24) is 9.55 Å². The summed E-state index contributed by atoms with van der Waals surface area (Å²) < 4.78 is 8.27. The molecule has 0 saturated heterocycles. The van der Waals surface area contributed by atoms with E-state index in [0.29, 0.717) is 0 Å². The van der Waals surface area contributed by atoms with Gasteiger partial charge in [0, 0.05) is 10.5 Å². The molecule has 2 rings (SSSR count). The van der Waals surface area contributed by atoms with Gasteiger partial charge < -0.3 is 10.5 Å². The summed E-state index contributed by atoms with van der Waals surface area (Å²) >= 11 is 3.45. The normalized spacial score (nSPS) is 12.5. The largest absolute Gasteiger partial charge is 0.495 e. The van der Waals surface area contributed by atoms with Crippen LogP contribution in [0, 0.1) is 0 Å². The smallest absolute Gasteiger partial charge is 0.142 e. The number of imidazole rings is 1. The Morgan fingerprint density at radius 1 is 1.47 bits per heavy atom. The molecule has 17 heavy (non-hydrogen) atoms. The standard InChI is InChI=1S/C12H14BrN3O/c1-8(14)11-6-15-7-16(11)10-5-9(13)3-4-12(10)17-2/h3-8H,14H2,1-2H3. The zero-order valence-electron chi connectivity index (χ0n) is 9.72. The number of benzene rings is 1. The lowest BCUT2D eigenvalue weighted by atomic mass is 10.2. The number of halogens is 1. The predicted octanol–water partition coefficient (Wildman–Crippen LogP) is 2.66. The van der Waals surface area contributed by atoms with Crippen LogP contribution in [0.1, 0.15) is 18.7 Å². The van der Waals surface area contributed by atoms with Crippen LogP contribution in [-0.2, 0) is 0 Å². The van der Waals surface area contributed by atoms with Crippen molar-refractivity contribution >= 4 is 15.9 Å². The van der Waals surface area contributed by atoms with Gasteiger partial charge in [0.25, 0.3) is 0 Å². The number of hydrogen-bond acceptors (Lipinski definition) is 3. The summed E-state index contributed by atoms with van der Waals surface area (Å²) in [4.78, 5) is 4.14. The second-order valence-electron chi connectivity index (χ2n) is 3.79. The van der Waals surface area contributed by atoms with E-state index in [1.807, 2.05) is 29.7 Å². The number of hydrogen-bond donors (Lipinski definition) is 1. The van der Waals surface area contributed by atoms with E-state index < -0.39 is 0 Å². The Kier molecular flexibility index (Phi) is 3.49. The minimum absolute atomic E-state index is 0.0822. The predicted molar refractivity (Wildman–Crippen MR) is 70.4 cm³/mol. The van der Waals surface area contributed by atoms with Crippen LogP contribution in [0.4, 0.5) is 0 Å². The number of nitrogens with two attached hydrogens (primary N) is 1. The number of rotatable bonds is 3. The van der Waals surface area contributed by atoms with Crippen molar-refractivity contribution in [3.05, 3.63) is 40.9 Å². The van der Waals surface area contributed by atoms with Gasteiger partial charge in [-0.2, -0.15) is 0 Å². The lowest BCUT2D eigenvalue weighted by Gasteiger charge is -2.14. The third-order valence-electron chi connectivity index (χ3n) is 2.53. The average molecular weight is 296 g/mol. The first-order valence-electron chi connectivity index (χ1n) is 5.25. The van der Waals surface area contributed by atoms with Gasteiger partial charge >= 0.3 is 0 Å². The van der Waals surface area contributed by atoms with Gasteiger partial charge in [-0.15, -0.1) is 0 Å². The summed E-state index contributed by atoms with van der Waals surface area (Å²) in [5.74, 6) is 0.785. The quantitative estimate of drug-likeness (QED) is 0.947. The fourth-order valence-corrected chi connectivity index (χ4v) is 2.04. The molecule has 0 fully saturated rings. The van der Waals surface area contributed by atoms with Gasteiger partial charge in [0.15, 0.2) is 0 Å².